The molecule has 3 heterocycles. The van der Waals surface area contributed by atoms with Gasteiger partial charge in [0.15, 0.2) is 11.0 Å². The number of hydrogen-bond donors (Lipinski definition) is 1. The molecular formula is C26H26F3N5O3S. The van der Waals surface area contributed by atoms with Crippen LogP contribution in [0.3, 0.4) is 0 Å². The molecule has 0 bridgehead atoms. The highest BCUT2D eigenvalue weighted by molar-refractivity contribution is 7.99. The second-order valence-corrected chi connectivity index (χ2v) is 10.1. The minimum atomic E-state index is -4.51. The number of carbonyl (C=O) groups is 2. The Balaban J connectivity index is 1.37. The maximum absolute atomic E-state index is 13.4. The lowest BCUT2D eigenvalue weighted by molar-refractivity contribution is -0.137. The van der Waals surface area contributed by atoms with Gasteiger partial charge >= 0.3 is 6.18 Å². The van der Waals surface area contributed by atoms with E-state index < -0.39 is 17.6 Å². The predicted octanol–water partition coefficient (Wildman–Crippen LogP) is 4.61. The van der Waals surface area contributed by atoms with E-state index in [1.54, 1.807) is 35.2 Å². The van der Waals surface area contributed by atoms with Gasteiger partial charge in [-0.25, -0.2) is 0 Å². The van der Waals surface area contributed by atoms with E-state index in [9.17, 15) is 22.8 Å². The van der Waals surface area contributed by atoms with Gasteiger partial charge in [0.1, 0.15) is 0 Å². The fourth-order valence-corrected chi connectivity index (χ4v) is 5.57. The van der Waals surface area contributed by atoms with E-state index in [1.165, 1.54) is 22.4 Å². The van der Waals surface area contributed by atoms with Gasteiger partial charge in [0.25, 0.3) is 5.91 Å². The van der Waals surface area contributed by atoms with Gasteiger partial charge in [-0.15, -0.1) is 10.2 Å². The molecule has 200 valence electrons. The van der Waals surface area contributed by atoms with Gasteiger partial charge in [-0.2, -0.15) is 13.2 Å². The zero-order valence-corrected chi connectivity index (χ0v) is 21.2. The topological polar surface area (TPSA) is 89.3 Å². The van der Waals surface area contributed by atoms with Crippen LogP contribution in [0.1, 0.15) is 47.4 Å². The van der Waals surface area contributed by atoms with Crippen LogP contribution in [0.5, 0.6) is 0 Å². The van der Waals surface area contributed by atoms with Gasteiger partial charge in [-0.3, -0.25) is 14.2 Å². The first-order chi connectivity index (χ1) is 18.3. The Morgan fingerprint density at radius 1 is 1.11 bits per heavy atom. The number of alkyl halides is 3. The Morgan fingerprint density at radius 2 is 1.92 bits per heavy atom. The molecule has 0 saturated carbocycles. The van der Waals surface area contributed by atoms with Crippen LogP contribution in [-0.4, -0.2) is 51.6 Å². The molecule has 1 N–H and O–H groups in total. The minimum Gasteiger partial charge on any atom is -0.377 e. The van der Waals surface area contributed by atoms with Gasteiger partial charge < -0.3 is 15.0 Å². The summed E-state index contributed by atoms with van der Waals surface area (Å²) in [7, 11) is 0. The van der Waals surface area contributed by atoms with Gasteiger partial charge in [-0.1, -0.05) is 23.9 Å². The Morgan fingerprint density at radius 3 is 2.66 bits per heavy atom. The Labute approximate surface area is 221 Å². The van der Waals surface area contributed by atoms with Gasteiger partial charge in [0.2, 0.25) is 5.91 Å². The molecule has 2 saturated heterocycles. The van der Waals surface area contributed by atoms with Crippen LogP contribution in [0.4, 0.5) is 18.9 Å². The lowest BCUT2D eigenvalue weighted by Crippen LogP contribution is -2.26. The third-order valence-corrected chi connectivity index (χ3v) is 7.52. The van der Waals surface area contributed by atoms with Crippen molar-refractivity contribution < 1.29 is 27.5 Å². The number of ether oxygens (including phenoxy) is 1. The van der Waals surface area contributed by atoms with Crippen molar-refractivity contribution in [2.45, 2.75) is 49.7 Å². The van der Waals surface area contributed by atoms with Gasteiger partial charge in [-0.05, 0) is 55.7 Å². The average Bonchev–Trinajstić information content (AvgIpc) is 3.67. The largest absolute Gasteiger partial charge is 0.416 e. The normalized spacial score (nSPS) is 17.8. The van der Waals surface area contributed by atoms with E-state index in [-0.39, 0.29) is 24.2 Å². The number of hydrogen-bond acceptors (Lipinski definition) is 6. The highest BCUT2D eigenvalue weighted by Crippen LogP contribution is 2.32. The highest BCUT2D eigenvalue weighted by Gasteiger charge is 2.31. The van der Waals surface area contributed by atoms with Crippen LogP contribution < -0.4 is 10.2 Å². The number of amides is 2. The summed E-state index contributed by atoms with van der Waals surface area (Å²) in [6.45, 7) is 1.24. The highest BCUT2D eigenvalue weighted by atomic mass is 32.2. The predicted molar refractivity (Wildman–Crippen MR) is 135 cm³/mol. The number of anilines is 1. The van der Waals surface area contributed by atoms with Crippen molar-refractivity contribution >= 4 is 29.3 Å². The van der Waals surface area contributed by atoms with Crippen molar-refractivity contribution in [1.29, 1.82) is 0 Å². The third-order valence-electron chi connectivity index (χ3n) is 6.45. The number of halogens is 3. The summed E-state index contributed by atoms with van der Waals surface area (Å²) in [5, 5.41) is 11.6. The number of rotatable bonds is 8. The molecule has 2 aromatic carbocycles. The van der Waals surface area contributed by atoms with E-state index in [4.69, 9.17) is 4.74 Å². The second kappa shape index (κ2) is 11.2. The molecule has 2 aliphatic heterocycles. The van der Waals surface area contributed by atoms with Crippen LogP contribution in [0.25, 0.3) is 5.69 Å². The molecule has 0 aliphatic carbocycles. The monoisotopic (exact) mass is 545 g/mol. The fourth-order valence-electron chi connectivity index (χ4n) is 4.53. The third kappa shape index (κ3) is 5.86. The van der Waals surface area contributed by atoms with Crippen LogP contribution in [0.15, 0.2) is 53.7 Å². The number of nitrogens with zero attached hydrogens (tertiary/aromatic N) is 4. The van der Waals surface area contributed by atoms with Crippen LogP contribution in [0.2, 0.25) is 0 Å². The first kappa shape index (κ1) is 26.2. The molecule has 1 atom stereocenters. The Bertz CT molecular complexity index is 1320. The zero-order chi connectivity index (χ0) is 26.7. The zero-order valence-electron chi connectivity index (χ0n) is 20.4. The summed E-state index contributed by atoms with van der Waals surface area (Å²) in [5.74, 6) is 0.500. The summed E-state index contributed by atoms with van der Waals surface area (Å²) in [6, 6.07) is 11.7. The molecule has 1 aromatic heterocycles. The van der Waals surface area contributed by atoms with E-state index in [0.717, 1.165) is 31.4 Å². The SMILES string of the molecule is O=C(NCc1nnc(SC[C@@H]2CCCO2)n1-c1cccc(C(F)(F)F)c1)c1cccc(N2CCCC2=O)c1. The first-order valence-electron chi connectivity index (χ1n) is 12.3. The lowest BCUT2D eigenvalue weighted by Gasteiger charge is -2.16. The maximum atomic E-state index is 13.4. The molecule has 0 radical (unpaired) electrons. The fraction of sp³-hybridized carbons (Fsp3) is 0.385. The van der Waals surface area contributed by atoms with Gasteiger partial charge in [0, 0.05) is 36.6 Å². The van der Waals surface area contributed by atoms with Crippen LogP contribution >= 0.6 is 11.8 Å². The maximum Gasteiger partial charge on any atom is 0.416 e. The summed E-state index contributed by atoms with van der Waals surface area (Å²) in [4.78, 5) is 26.7. The van der Waals surface area contributed by atoms with E-state index in [2.05, 4.69) is 15.5 Å². The molecule has 0 unspecified atom stereocenters. The van der Waals surface area contributed by atoms with Crippen molar-refractivity contribution in [1.82, 2.24) is 20.1 Å². The molecule has 38 heavy (non-hydrogen) atoms. The summed E-state index contributed by atoms with van der Waals surface area (Å²) in [6.07, 6.45) is -1.33. The van der Waals surface area contributed by atoms with E-state index in [1.807, 2.05) is 0 Å². The van der Waals surface area contributed by atoms with Crippen LogP contribution in [0, 0.1) is 0 Å². The lowest BCUT2D eigenvalue weighted by atomic mass is 10.1. The second-order valence-electron chi connectivity index (χ2n) is 9.11. The summed E-state index contributed by atoms with van der Waals surface area (Å²) in [5.41, 5.74) is 0.473. The molecule has 3 aromatic rings. The molecule has 0 spiro atoms. The van der Waals surface area contributed by atoms with E-state index in [0.29, 0.717) is 47.6 Å². The first-order valence-corrected chi connectivity index (χ1v) is 13.3. The summed E-state index contributed by atoms with van der Waals surface area (Å²) >= 11 is 1.35. The molecular weight excluding hydrogens is 519 g/mol. The van der Waals surface area contributed by atoms with Crippen molar-refractivity contribution in [3.8, 4) is 5.69 Å². The smallest absolute Gasteiger partial charge is 0.377 e. The minimum absolute atomic E-state index is 0.0183. The van der Waals surface area contributed by atoms with E-state index >= 15 is 0 Å². The molecule has 12 heteroatoms. The molecule has 2 aliphatic rings. The Hall–Kier alpha value is -3.38. The Kier molecular flexibility index (Phi) is 7.70. The van der Waals surface area contributed by atoms with Crippen molar-refractivity contribution in [3.05, 3.63) is 65.5 Å². The van der Waals surface area contributed by atoms with Crippen molar-refractivity contribution in [2.75, 3.05) is 23.8 Å². The number of aromatic nitrogens is 3. The van der Waals surface area contributed by atoms with Crippen molar-refractivity contribution in [3.63, 3.8) is 0 Å². The molecule has 8 nitrogen and oxygen atoms in total. The number of carbonyl (C=O) groups excluding carboxylic acids is 2. The quantitative estimate of drug-likeness (QED) is 0.416. The number of nitrogens with one attached hydrogen (secondary N) is 1. The number of benzene rings is 2. The number of thioether (sulfide) groups is 1. The van der Waals surface area contributed by atoms with Crippen molar-refractivity contribution in [2.24, 2.45) is 0 Å². The van der Waals surface area contributed by atoms with Crippen LogP contribution in [-0.2, 0) is 22.3 Å². The molecule has 5 rings (SSSR count). The molecule has 2 fully saturated rings. The average molecular weight is 546 g/mol. The molecule has 2 amide bonds. The summed E-state index contributed by atoms with van der Waals surface area (Å²) < 4.78 is 47.5. The van der Waals surface area contributed by atoms with Gasteiger partial charge in [0.05, 0.1) is 23.9 Å². The standard InChI is InChI=1S/C26H26F3N5O3S/c27-26(28,29)18-6-2-8-20(14-18)34-22(31-32-25(34)38-16-21-9-4-12-37-21)15-30-24(36)17-5-1-7-19(13-17)33-11-3-10-23(33)35/h1-2,5-8,13-14,21H,3-4,9-12,15-16H2,(H,30,36)/t21-/m0/s1.